The molecule has 0 aromatic heterocycles. The maximum absolute atomic E-state index is 13.2. The van der Waals surface area contributed by atoms with Crippen molar-refractivity contribution in [3.05, 3.63) is 99.5 Å². The topological polar surface area (TPSA) is 76.1 Å². The molecule has 1 N–H and O–H groups in total. The van der Waals surface area contributed by atoms with Gasteiger partial charge < -0.3 is 19.5 Å². The van der Waals surface area contributed by atoms with Gasteiger partial charge in [-0.15, -0.1) is 0 Å². The van der Waals surface area contributed by atoms with Crippen molar-refractivity contribution in [3.63, 3.8) is 0 Å². The minimum Gasteiger partial charge on any atom is -0.507 e. The predicted molar refractivity (Wildman–Crippen MR) is 137 cm³/mol. The van der Waals surface area contributed by atoms with Crippen LogP contribution in [0.5, 0.6) is 11.5 Å². The molecule has 1 fully saturated rings. The molecule has 0 spiro atoms. The van der Waals surface area contributed by atoms with Crippen LogP contribution in [0.15, 0.2) is 82.8 Å². The summed E-state index contributed by atoms with van der Waals surface area (Å²) in [7, 11) is 1.55. The summed E-state index contributed by atoms with van der Waals surface area (Å²) in [6.07, 6.45) is 0.0466. The second-order valence-corrected chi connectivity index (χ2v) is 9.44. The maximum atomic E-state index is 13.2. The number of Topliss-reactive ketones (excluding diaryl/α,β-unsaturated/α-hetero) is 1. The molecule has 3 aromatic rings. The summed E-state index contributed by atoms with van der Waals surface area (Å²) in [6.45, 7) is 4.09. The van der Waals surface area contributed by atoms with E-state index < -0.39 is 17.7 Å². The molecule has 35 heavy (non-hydrogen) atoms. The molecule has 3 aromatic carbocycles. The Labute approximate surface area is 212 Å². The van der Waals surface area contributed by atoms with Gasteiger partial charge in [-0.2, -0.15) is 0 Å². The molecular formula is C28H26BrNO5. The Bertz CT molecular complexity index is 1270. The Kier molecular flexibility index (Phi) is 7.26. The highest BCUT2D eigenvalue weighted by molar-refractivity contribution is 9.10. The third-order valence-corrected chi connectivity index (χ3v) is 6.24. The zero-order chi connectivity index (χ0) is 25.1. The molecule has 4 rings (SSSR count). The molecule has 1 amide bonds. The summed E-state index contributed by atoms with van der Waals surface area (Å²) >= 11 is 3.38. The van der Waals surface area contributed by atoms with Crippen molar-refractivity contribution >= 4 is 33.4 Å². The lowest BCUT2D eigenvalue weighted by atomic mass is 9.95. The number of likely N-dealkylation sites (tertiary alicyclic amines) is 1. The molecule has 0 bridgehead atoms. The number of carbonyl (C=O) groups excluding carboxylic acids is 2. The second kappa shape index (κ2) is 10.4. The van der Waals surface area contributed by atoms with E-state index in [4.69, 9.17) is 9.47 Å². The number of aliphatic hydroxyl groups is 1. The molecule has 6 nitrogen and oxygen atoms in total. The van der Waals surface area contributed by atoms with Gasteiger partial charge in [-0.3, -0.25) is 9.59 Å². The Balaban J connectivity index is 1.78. The highest BCUT2D eigenvalue weighted by Gasteiger charge is 2.46. The summed E-state index contributed by atoms with van der Waals surface area (Å²) < 4.78 is 11.9. The zero-order valence-corrected chi connectivity index (χ0v) is 21.3. The first-order valence-corrected chi connectivity index (χ1v) is 12.0. The minimum atomic E-state index is -0.777. The van der Waals surface area contributed by atoms with Gasteiger partial charge in [0.2, 0.25) is 0 Å². The van der Waals surface area contributed by atoms with Crippen LogP contribution in [0.25, 0.3) is 5.76 Å². The van der Waals surface area contributed by atoms with E-state index >= 15 is 0 Å². The van der Waals surface area contributed by atoms with Gasteiger partial charge in [0, 0.05) is 16.6 Å². The molecule has 1 saturated heterocycles. The fourth-order valence-electron chi connectivity index (χ4n) is 4.11. The third kappa shape index (κ3) is 5.25. The van der Waals surface area contributed by atoms with Crippen LogP contribution in [-0.2, 0) is 16.1 Å². The van der Waals surface area contributed by atoms with Crippen molar-refractivity contribution in [1.82, 2.24) is 4.90 Å². The molecule has 1 unspecified atom stereocenters. The second-order valence-electron chi connectivity index (χ2n) is 8.52. The first-order chi connectivity index (χ1) is 16.8. The van der Waals surface area contributed by atoms with Crippen molar-refractivity contribution in [3.8, 4) is 11.5 Å². The van der Waals surface area contributed by atoms with E-state index in [1.54, 1.807) is 49.6 Å². The van der Waals surface area contributed by atoms with Crippen molar-refractivity contribution in [2.45, 2.75) is 32.5 Å². The van der Waals surface area contributed by atoms with Gasteiger partial charge in [0.1, 0.15) is 17.3 Å². The monoisotopic (exact) mass is 535 g/mol. The summed E-state index contributed by atoms with van der Waals surface area (Å²) in [5, 5.41) is 11.2. The molecule has 0 radical (unpaired) electrons. The average molecular weight is 536 g/mol. The van der Waals surface area contributed by atoms with E-state index in [0.29, 0.717) is 16.9 Å². The zero-order valence-electron chi connectivity index (χ0n) is 19.7. The van der Waals surface area contributed by atoms with Gasteiger partial charge in [0.25, 0.3) is 11.7 Å². The van der Waals surface area contributed by atoms with Gasteiger partial charge in [0.05, 0.1) is 24.8 Å². The summed E-state index contributed by atoms with van der Waals surface area (Å²) in [4.78, 5) is 27.9. The number of rotatable bonds is 7. The number of ketones is 1. The lowest BCUT2D eigenvalue weighted by molar-refractivity contribution is -0.140. The number of hydrogen-bond donors (Lipinski definition) is 1. The van der Waals surface area contributed by atoms with E-state index in [0.717, 1.165) is 15.8 Å². The van der Waals surface area contributed by atoms with Crippen LogP contribution in [-0.4, -0.2) is 34.9 Å². The quantitative estimate of drug-likeness (QED) is 0.232. The predicted octanol–water partition coefficient (Wildman–Crippen LogP) is 5.87. The number of halogens is 1. The summed E-state index contributed by atoms with van der Waals surface area (Å²) in [5.41, 5.74) is 2.00. The van der Waals surface area contributed by atoms with E-state index in [1.165, 1.54) is 4.90 Å². The molecule has 1 aliphatic heterocycles. The van der Waals surface area contributed by atoms with Crippen molar-refractivity contribution < 1.29 is 24.2 Å². The lowest BCUT2D eigenvalue weighted by Crippen LogP contribution is -2.29. The van der Waals surface area contributed by atoms with Crippen molar-refractivity contribution in [2.75, 3.05) is 7.11 Å². The first kappa shape index (κ1) is 24.5. The SMILES string of the molecule is COc1cccc(C2/C(=C(/O)c3ccc(Br)cc3)C(=O)C(=O)N2Cc2ccc(OC(C)C)cc2)c1. The molecular weight excluding hydrogens is 510 g/mol. The molecule has 7 heteroatoms. The van der Waals surface area contributed by atoms with Crippen LogP contribution >= 0.6 is 15.9 Å². The Morgan fingerprint density at radius 1 is 1.00 bits per heavy atom. The average Bonchev–Trinajstić information content (AvgIpc) is 3.10. The lowest BCUT2D eigenvalue weighted by Gasteiger charge is -2.26. The van der Waals surface area contributed by atoms with E-state index in [9.17, 15) is 14.7 Å². The largest absolute Gasteiger partial charge is 0.507 e. The number of aliphatic hydroxyl groups excluding tert-OH is 1. The van der Waals surface area contributed by atoms with Crippen LogP contribution in [0, 0.1) is 0 Å². The number of methoxy groups -OCH3 is 1. The first-order valence-electron chi connectivity index (χ1n) is 11.2. The van der Waals surface area contributed by atoms with E-state index in [1.807, 2.05) is 44.2 Å². The Morgan fingerprint density at radius 3 is 2.31 bits per heavy atom. The van der Waals surface area contributed by atoms with Gasteiger partial charge in [0.15, 0.2) is 0 Å². The van der Waals surface area contributed by atoms with Crippen LogP contribution < -0.4 is 9.47 Å². The van der Waals surface area contributed by atoms with E-state index in [2.05, 4.69) is 15.9 Å². The van der Waals surface area contributed by atoms with Crippen LogP contribution in [0.3, 0.4) is 0 Å². The molecule has 180 valence electrons. The fourth-order valence-corrected chi connectivity index (χ4v) is 4.37. The number of hydrogen-bond acceptors (Lipinski definition) is 5. The van der Waals surface area contributed by atoms with Gasteiger partial charge in [-0.25, -0.2) is 0 Å². The van der Waals surface area contributed by atoms with Gasteiger partial charge in [-0.1, -0.05) is 52.3 Å². The highest BCUT2D eigenvalue weighted by atomic mass is 79.9. The normalized spacial score (nSPS) is 17.2. The molecule has 1 atom stereocenters. The molecule has 1 heterocycles. The molecule has 0 aliphatic carbocycles. The maximum Gasteiger partial charge on any atom is 0.295 e. The fraction of sp³-hybridized carbons (Fsp3) is 0.214. The van der Waals surface area contributed by atoms with Crippen LogP contribution in [0.1, 0.15) is 36.6 Å². The standard InChI is InChI=1S/C28H26BrNO5/c1-17(2)35-22-13-7-18(8-14-22)16-30-25(20-5-4-6-23(15-20)34-3)24(27(32)28(30)33)26(31)19-9-11-21(29)12-10-19/h4-15,17,25,31H,16H2,1-3H3/b26-24-. The number of benzene rings is 3. The van der Waals surface area contributed by atoms with Crippen LogP contribution in [0.4, 0.5) is 0 Å². The van der Waals surface area contributed by atoms with Gasteiger partial charge in [-0.05, 0) is 61.4 Å². The molecule has 1 aliphatic rings. The van der Waals surface area contributed by atoms with Crippen LogP contribution in [0.2, 0.25) is 0 Å². The number of ether oxygens (including phenoxy) is 2. The summed E-state index contributed by atoms with van der Waals surface area (Å²) in [6, 6.07) is 20.8. The highest BCUT2D eigenvalue weighted by Crippen LogP contribution is 2.41. The summed E-state index contributed by atoms with van der Waals surface area (Å²) in [5.74, 6) is -0.291. The van der Waals surface area contributed by atoms with Crippen molar-refractivity contribution in [2.24, 2.45) is 0 Å². The smallest absolute Gasteiger partial charge is 0.295 e. The van der Waals surface area contributed by atoms with Crippen molar-refractivity contribution in [1.29, 1.82) is 0 Å². The Hall–Kier alpha value is -3.58. The van der Waals surface area contributed by atoms with E-state index in [-0.39, 0.29) is 24.0 Å². The minimum absolute atomic E-state index is 0.0466. The molecule has 0 saturated carbocycles. The third-order valence-electron chi connectivity index (χ3n) is 5.72. The number of nitrogens with zero attached hydrogens (tertiary/aromatic N) is 1. The Morgan fingerprint density at radius 2 is 1.69 bits per heavy atom. The van der Waals surface area contributed by atoms with Gasteiger partial charge >= 0.3 is 0 Å². The number of carbonyl (C=O) groups is 2. The number of amides is 1.